The molecule has 160 valence electrons. The zero-order valence-corrected chi connectivity index (χ0v) is 17.6. The number of benzene rings is 2. The second-order valence-electron chi connectivity index (χ2n) is 8.14. The van der Waals surface area contributed by atoms with Gasteiger partial charge < -0.3 is 14.5 Å². The fraction of sp³-hybridized carbons (Fsp3) is 0.458. The number of anilines is 1. The van der Waals surface area contributed by atoms with Gasteiger partial charge in [0.25, 0.3) is 0 Å². The van der Waals surface area contributed by atoms with E-state index < -0.39 is 0 Å². The van der Waals surface area contributed by atoms with Gasteiger partial charge in [-0.2, -0.15) is 0 Å². The topological polar surface area (TPSA) is 36.0 Å². The fourth-order valence-electron chi connectivity index (χ4n) is 4.32. The minimum atomic E-state index is -0.311. The number of carbonyl (C=O) groups excluding carboxylic acids is 1. The first-order valence-corrected chi connectivity index (χ1v) is 10.9. The number of rotatable bonds is 5. The van der Waals surface area contributed by atoms with Crippen LogP contribution in [0.1, 0.15) is 36.9 Å². The molecular weight excluding hydrogens is 381 g/mol. The molecule has 5 nitrogen and oxygen atoms in total. The first kappa shape index (κ1) is 20.7. The highest BCUT2D eigenvalue weighted by Gasteiger charge is 2.25. The van der Waals surface area contributed by atoms with Crippen molar-refractivity contribution < 1.29 is 13.9 Å². The molecule has 2 aliphatic heterocycles. The molecule has 0 bridgehead atoms. The van der Waals surface area contributed by atoms with Crippen LogP contribution in [0.3, 0.4) is 0 Å². The van der Waals surface area contributed by atoms with Crippen LogP contribution < -0.4 is 4.90 Å². The molecule has 2 heterocycles. The van der Waals surface area contributed by atoms with E-state index in [4.69, 9.17) is 4.74 Å². The number of likely N-dealkylation sites (tertiary alicyclic amines) is 1. The van der Waals surface area contributed by atoms with Gasteiger partial charge in [-0.15, -0.1) is 0 Å². The SMILES string of the molecule is CC(c1ccc(N2CCN(C(=O)OCc3ccccc3)CC2)c(F)c1)N1CCCC1. The zero-order chi connectivity index (χ0) is 20.9. The maximum absolute atomic E-state index is 14.9. The third kappa shape index (κ3) is 4.75. The largest absolute Gasteiger partial charge is 0.445 e. The average Bonchev–Trinajstić information content (AvgIpc) is 3.33. The summed E-state index contributed by atoms with van der Waals surface area (Å²) in [5.74, 6) is -0.182. The molecule has 0 radical (unpaired) electrons. The molecule has 0 aromatic heterocycles. The lowest BCUT2D eigenvalue weighted by Gasteiger charge is -2.36. The molecule has 6 heteroatoms. The van der Waals surface area contributed by atoms with E-state index in [1.807, 2.05) is 47.4 Å². The second kappa shape index (κ2) is 9.47. The minimum Gasteiger partial charge on any atom is -0.445 e. The molecular formula is C24H30FN3O2. The molecule has 0 saturated carbocycles. The molecule has 2 aliphatic rings. The normalized spacial score (nSPS) is 18.5. The number of hydrogen-bond acceptors (Lipinski definition) is 4. The van der Waals surface area contributed by atoms with Gasteiger partial charge in [0.1, 0.15) is 12.4 Å². The molecule has 2 saturated heterocycles. The van der Waals surface area contributed by atoms with Gasteiger partial charge in [-0.3, -0.25) is 4.90 Å². The third-order valence-electron chi connectivity index (χ3n) is 6.23. The predicted molar refractivity (Wildman–Crippen MR) is 116 cm³/mol. The highest BCUT2D eigenvalue weighted by molar-refractivity contribution is 5.68. The van der Waals surface area contributed by atoms with E-state index in [0.717, 1.165) is 24.2 Å². The second-order valence-corrected chi connectivity index (χ2v) is 8.14. The van der Waals surface area contributed by atoms with E-state index in [-0.39, 0.29) is 24.6 Å². The Morgan fingerprint density at radius 3 is 2.37 bits per heavy atom. The molecule has 0 N–H and O–H groups in total. The minimum absolute atomic E-state index is 0.182. The summed E-state index contributed by atoms with van der Waals surface area (Å²) in [5.41, 5.74) is 2.61. The molecule has 4 rings (SSSR count). The van der Waals surface area contributed by atoms with Crippen LogP contribution in [0.15, 0.2) is 48.5 Å². The Morgan fingerprint density at radius 2 is 1.70 bits per heavy atom. The molecule has 2 fully saturated rings. The number of amides is 1. The van der Waals surface area contributed by atoms with Crippen LogP contribution >= 0.6 is 0 Å². The average molecular weight is 412 g/mol. The van der Waals surface area contributed by atoms with Gasteiger partial charge in [0.05, 0.1) is 5.69 Å². The van der Waals surface area contributed by atoms with Gasteiger partial charge in [-0.05, 0) is 56.1 Å². The van der Waals surface area contributed by atoms with Gasteiger partial charge in [0.2, 0.25) is 0 Å². The van der Waals surface area contributed by atoms with Crippen LogP contribution in [0.5, 0.6) is 0 Å². The summed E-state index contributed by atoms with van der Waals surface area (Å²) in [7, 11) is 0. The maximum Gasteiger partial charge on any atom is 0.410 e. The van der Waals surface area contributed by atoms with Gasteiger partial charge in [-0.25, -0.2) is 9.18 Å². The first-order chi connectivity index (χ1) is 14.6. The number of piperazine rings is 1. The van der Waals surface area contributed by atoms with Crippen molar-refractivity contribution in [2.45, 2.75) is 32.4 Å². The molecule has 30 heavy (non-hydrogen) atoms. The molecule has 0 spiro atoms. The van der Waals surface area contributed by atoms with E-state index >= 15 is 0 Å². The van der Waals surface area contributed by atoms with Crippen LogP contribution in [-0.2, 0) is 11.3 Å². The van der Waals surface area contributed by atoms with E-state index in [1.165, 1.54) is 12.8 Å². The Labute approximate surface area is 178 Å². The van der Waals surface area contributed by atoms with E-state index in [9.17, 15) is 9.18 Å². The van der Waals surface area contributed by atoms with Crippen molar-refractivity contribution in [3.63, 3.8) is 0 Å². The molecule has 2 aromatic rings. The summed E-state index contributed by atoms with van der Waals surface area (Å²) in [6.45, 7) is 6.85. The molecule has 1 atom stereocenters. The number of halogens is 1. The van der Waals surface area contributed by atoms with Gasteiger partial charge in [-0.1, -0.05) is 36.4 Å². The Bertz CT molecular complexity index is 847. The smallest absolute Gasteiger partial charge is 0.410 e. The van der Waals surface area contributed by atoms with E-state index in [0.29, 0.717) is 31.9 Å². The number of nitrogens with zero attached hydrogens (tertiary/aromatic N) is 3. The quantitative estimate of drug-likeness (QED) is 0.729. The summed E-state index contributed by atoms with van der Waals surface area (Å²) in [5, 5.41) is 0. The first-order valence-electron chi connectivity index (χ1n) is 10.9. The summed E-state index contributed by atoms with van der Waals surface area (Å²) in [6, 6.07) is 15.5. The van der Waals surface area contributed by atoms with Crippen LogP contribution in [0.4, 0.5) is 14.9 Å². The molecule has 2 aromatic carbocycles. The van der Waals surface area contributed by atoms with Crippen LogP contribution in [0.2, 0.25) is 0 Å². The van der Waals surface area contributed by atoms with Crippen molar-refractivity contribution in [3.05, 3.63) is 65.5 Å². The van der Waals surface area contributed by atoms with Crippen LogP contribution in [0.25, 0.3) is 0 Å². The lowest BCUT2D eigenvalue weighted by Crippen LogP contribution is -2.49. The summed E-state index contributed by atoms with van der Waals surface area (Å²) >= 11 is 0. The Morgan fingerprint density at radius 1 is 1.00 bits per heavy atom. The van der Waals surface area contributed by atoms with Gasteiger partial charge in [0, 0.05) is 32.2 Å². The van der Waals surface area contributed by atoms with E-state index in [1.54, 1.807) is 11.0 Å². The summed E-state index contributed by atoms with van der Waals surface area (Å²) in [6.07, 6.45) is 2.14. The third-order valence-corrected chi connectivity index (χ3v) is 6.23. The van der Waals surface area contributed by atoms with Crippen molar-refractivity contribution in [3.8, 4) is 0 Å². The van der Waals surface area contributed by atoms with Crippen molar-refractivity contribution in [1.82, 2.24) is 9.80 Å². The van der Waals surface area contributed by atoms with E-state index in [2.05, 4.69) is 11.8 Å². The Balaban J connectivity index is 1.30. The number of ether oxygens (including phenoxy) is 1. The highest BCUT2D eigenvalue weighted by atomic mass is 19.1. The zero-order valence-electron chi connectivity index (χ0n) is 17.6. The predicted octanol–water partition coefficient (Wildman–Crippen LogP) is 4.44. The van der Waals surface area contributed by atoms with Crippen molar-refractivity contribution in [2.24, 2.45) is 0 Å². The number of hydrogen-bond donors (Lipinski definition) is 0. The van der Waals surface area contributed by atoms with Gasteiger partial charge >= 0.3 is 6.09 Å². The van der Waals surface area contributed by atoms with Gasteiger partial charge in [0.15, 0.2) is 0 Å². The van der Waals surface area contributed by atoms with Crippen molar-refractivity contribution >= 4 is 11.8 Å². The van der Waals surface area contributed by atoms with Crippen molar-refractivity contribution in [1.29, 1.82) is 0 Å². The van der Waals surface area contributed by atoms with Crippen LogP contribution in [-0.4, -0.2) is 55.2 Å². The standard InChI is InChI=1S/C24H30FN3O2/c1-19(26-11-5-6-12-26)21-9-10-23(22(25)17-21)27-13-15-28(16-14-27)24(29)30-18-20-7-3-2-4-8-20/h2-4,7-10,17,19H,5-6,11-16,18H2,1H3. The maximum atomic E-state index is 14.9. The highest BCUT2D eigenvalue weighted by Crippen LogP contribution is 2.29. The fourth-order valence-corrected chi connectivity index (χ4v) is 4.32. The Kier molecular flexibility index (Phi) is 6.53. The van der Waals surface area contributed by atoms with Crippen molar-refractivity contribution in [2.75, 3.05) is 44.2 Å². The molecule has 1 amide bonds. The molecule has 0 aliphatic carbocycles. The lowest BCUT2D eigenvalue weighted by molar-refractivity contribution is 0.0941. The number of carbonyl (C=O) groups is 1. The molecule has 1 unspecified atom stereocenters. The summed E-state index contributed by atoms with van der Waals surface area (Å²) in [4.78, 5) is 18.5. The monoisotopic (exact) mass is 411 g/mol. The Hall–Kier alpha value is -2.60. The lowest BCUT2D eigenvalue weighted by atomic mass is 10.1. The summed E-state index contributed by atoms with van der Waals surface area (Å²) < 4.78 is 20.3. The van der Waals surface area contributed by atoms with Crippen LogP contribution in [0, 0.1) is 5.82 Å².